The lowest BCUT2D eigenvalue weighted by Gasteiger charge is -2.35. The number of rotatable bonds is 6. The standard InChI is InChI=1S/C13H25N3O/c1-11(2)16(7-4-5-14)12(3)9-13-10-17-8-6-15-13/h11-13,15H,4,6-10H2,1-3H3. The molecule has 17 heavy (non-hydrogen) atoms. The molecule has 4 heteroatoms. The van der Waals surface area contributed by atoms with Gasteiger partial charge >= 0.3 is 0 Å². The van der Waals surface area contributed by atoms with Crippen LogP contribution in [0.1, 0.15) is 33.6 Å². The SMILES string of the molecule is CC(C)N(CCC#N)C(C)CC1COCCN1. The zero-order chi connectivity index (χ0) is 12.7. The maximum absolute atomic E-state index is 8.69. The molecule has 1 heterocycles. The molecule has 1 rings (SSSR count). The molecule has 2 atom stereocenters. The second kappa shape index (κ2) is 7.65. The minimum atomic E-state index is 0.460. The monoisotopic (exact) mass is 239 g/mol. The van der Waals surface area contributed by atoms with Gasteiger partial charge in [0.15, 0.2) is 0 Å². The minimum Gasteiger partial charge on any atom is -0.379 e. The lowest BCUT2D eigenvalue weighted by Crippen LogP contribution is -2.47. The van der Waals surface area contributed by atoms with Crippen LogP contribution in [0.2, 0.25) is 0 Å². The predicted molar refractivity (Wildman–Crippen MR) is 68.8 cm³/mol. The van der Waals surface area contributed by atoms with Crippen molar-refractivity contribution in [1.29, 1.82) is 5.26 Å². The van der Waals surface area contributed by atoms with E-state index in [9.17, 15) is 0 Å². The van der Waals surface area contributed by atoms with Crippen LogP contribution in [-0.4, -0.2) is 49.3 Å². The van der Waals surface area contributed by atoms with Gasteiger partial charge in [0, 0.05) is 37.6 Å². The van der Waals surface area contributed by atoms with Gasteiger partial charge in [-0.05, 0) is 27.2 Å². The third-order valence-corrected chi connectivity index (χ3v) is 3.34. The first kappa shape index (κ1) is 14.4. The molecule has 0 aromatic heterocycles. The number of morpholine rings is 1. The second-order valence-corrected chi connectivity index (χ2v) is 5.05. The summed E-state index contributed by atoms with van der Waals surface area (Å²) < 4.78 is 5.47. The van der Waals surface area contributed by atoms with Crippen LogP contribution in [0, 0.1) is 11.3 Å². The van der Waals surface area contributed by atoms with E-state index in [4.69, 9.17) is 10.00 Å². The van der Waals surface area contributed by atoms with Gasteiger partial charge in [0.2, 0.25) is 0 Å². The van der Waals surface area contributed by atoms with E-state index >= 15 is 0 Å². The van der Waals surface area contributed by atoms with Gasteiger partial charge in [0.05, 0.1) is 19.3 Å². The van der Waals surface area contributed by atoms with E-state index in [0.717, 1.165) is 32.7 Å². The van der Waals surface area contributed by atoms with Gasteiger partial charge in [0.1, 0.15) is 0 Å². The van der Waals surface area contributed by atoms with Crippen LogP contribution in [-0.2, 0) is 4.74 Å². The molecule has 0 radical (unpaired) electrons. The molecule has 0 aromatic rings. The number of hydrogen-bond acceptors (Lipinski definition) is 4. The smallest absolute Gasteiger partial charge is 0.0635 e. The lowest BCUT2D eigenvalue weighted by molar-refractivity contribution is 0.0579. The highest BCUT2D eigenvalue weighted by Crippen LogP contribution is 2.13. The summed E-state index contributed by atoms with van der Waals surface area (Å²) in [6.45, 7) is 10.1. The van der Waals surface area contributed by atoms with E-state index < -0.39 is 0 Å². The quantitative estimate of drug-likeness (QED) is 0.760. The van der Waals surface area contributed by atoms with Crippen LogP contribution >= 0.6 is 0 Å². The normalized spacial score (nSPS) is 22.7. The average molecular weight is 239 g/mol. The van der Waals surface area contributed by atoms with E-state index in [-0.39, 0.29) is 0 Å². The molecule has 1 saturated heterocycles. The largest absolute Gasteiger partial charge is 0.379 e. The van der Waals surface area contributed by atoms with Crippen molar-refractivity contribution >= 4 is 0 Å². The maximum atomic E-state index is 8.69. The molecule has 4 nitrogen and oxygen atoms in total. The van der Waals surface area contributed by atoms with Crippen LogP contribution in [0.15, 0.2) is 0 Å². The summed E-state index contributed by atoms with van der Waals surface area (Å²) in [7, 11) is 0. The molecule has 0 amide bonds. The summed E-state index contributed by atoms with van der Waals surface area (Å²) in [4.78, 5) is 2.40. The molecule has 2 unspecified atom stereocenters. The summed E-state index contributed by atoms with van der Waals surface area (Å²) in [5, 5.41) is 12.2. The topological polar surface area (TPSA) is 48.3 Å². The number of nitrogens with one attached hydrogen (secondary N) is 1. The van der Waals surface area contributed by atoms with Crippen molar-refractivity contribution in [3.63, 3.8) is 0 Å². The molecule has 1 aliphatic rings. The molecule has 0 aliphatic carbocycles. The van der Waals surface area contributed by atoms with E-state index in [1.807, 2.05) is 0 Å². The Labute approximate surface area is 105 Å². The lowest BCUT2D eigenvalue weighted by atomic mass is 10.1. The molecular formula is C13H25N3O. The van der Waals surface area contributed by atoms with Crippen LogP contribution in [0.5, 0.6) is 0 Å². The Morgan fingerprint density at radius 1 is 1.47 bits per heavy atom. The number of nitrogens with zero attached hydrogens (tertiary/aromatic N) is 2. The van der Waals surface area contributed by atoms with Gasteiger partial charge < -0.3 is 10.1 Å². The zero-order valence-corrected chi connectivity index (χ0v) is 11.3. The highest BCUT2D eigenvalue weighted by Gasteiger charge is 2.22. The summed E-state index contributed by atoms with van der Waals surface area (Å²) >= 11 is 0. The Bertz CT molecular complexity index is 244. The summed E-state index contributed by atoms with van der Waals surface area (Å²) in [6, 6.07) is 3.67. The number of hydrogen-bond donors (Lipinski definition) is 1. The minimum absolute atomic E-state index is 0.460. The van der Waals surface area contributed by atoms with Gasteiger partial charge in [-0.2, -0.15) is 5.26 Å². The molecular weight excluding hydrogens is 214 g/mol. The van der Waals surface area contributed by atoms with E-state index in [1.54, 1.807) is 0 Å². The van der Waals surface area contributed by atoms with Crippen molar-refractivity contribution in [1.82, 2.24) is 10.2 Å². The Kier molecular flexibility index (Phi) is 6.49. The summed E-state index contributed by atoms with van der Waals surface area (Å²) in [5.74, 6) is 0. The number of ether oxygens (including phenoxy) is 1. The third kappa shape index (κ3) is 5.03. The first-order valence-electron chi connectivity index (χ1n) is 6.59. The summed E-state index contributed by atoms with van der Waals surface area (Å²) in [6.07, 6.45) is 1.70. The molecule has 0 bridgehead atoms. The van der Waals surface area contributed by atoms with Crippen LogP contribution in [0.25, 0.3) is 0 Å². The van der Waals surface area contributed by atoms with E-state index in [1.165, 1.54) is 0 Å². The van der Waals surface area contributed by atoms with E-state index in [0.29, 0.717) is 24.5 Å². The van der Waals surface area contributed by atoms with Crippen molar-refractivity contribution in [2.45, 2.75) is 51.7 Å². The van der Waals surface area contributed by atoms with Gasteiger partial charge in [-0.25, -0.2) is 0 Å². The fourth-order valence-electron chi connectivity index (χ4n) is 2.48. The van der Waals surface area contributed by atoms with Crippen LogP contribution in [0.4, 0.5) is 0 Å². The molecule has 0 spiro atoms. The van der Waals surface area contributed by atoms with Crippen LogP contribution in [0.3, 0.4) is 0 Å². The molecule has 0 saturated carbocycles. The highest BCUT2D eigenvalue weighted by atomic mass is 16.5. The Balaban J connectivity index is 2.40. The van der Waals surface area contributed by atoms with E-state index in [2.05, 4.69) is 37.1 Å². The maximum Gasteiger partial charge on any atom is 0.0635 e. The van der Waals surface area contributed by atoms with Gasteiger partial charge in [-0.3, -0.25) is 4.90 Å². The van der Waals surface area contributed by atoms with Crippen molar-refractivity contribution in [3.05, 3.63) is 0 Å². The fourth-order valence-corrected chi connectivity index (χ4v) is 2.48. The number of nitriles is 1. The third-order valence-electron chi connectivity index (χ3n) is 3.34. The Morgan fingerprint density at radius 2 is 2.24 bits per heavy atom. The first-order valence-corrected chi connectivity index (χ1v) is 6.59. The first-order chi connectivity index (χ1) is 8.15. The van der Waals surface area contributed by atoms with Gasteiger partial charge in [-0.1, -0.05) is 0 Å². The fraction of sp³-hybridized carbons (Fsp3) is 0.923. The highest BCUT2D eigenvalue weighted by molar-refractivity contribution is 4.81. The molecule has 0 aromatic carbocycles. The molecule has 1 fully saturated rings. The molecule has 1 N–H and O–H groups in total. The Morgan fingerprint density at radius 3 is 2.76 bits per heavy atom. The van der Waals surface area contributed by atoms with Gasteiger partial charge in [0.25, 0.3) is 0 Å². The van der Waals surface area contributed by atoms with Crippen molar-refractivity contribution in [2.75, 3.05) is 26.3 Å². The Hall–Kier alpha value is -0.630. The predicted octanol–water partition coefficient (Wildman–Crippen LogP) is 1.38. The van der Waals surface area contributed by atoms with Crippen molar-refractivity contribution < 1.29 is 4.74 Å². The summed E-state index contributed by atoms with van der Waals surface area (Å²) in [5.41, 5.74) is 0. The average Bonchev–Trinajstić information content (AvgIpc) is 2.30. The molecule has 98 valence electrons. The zero-order valence-electron chi connectivity index (χ0n) is 11.3. The van der Waals surface area contributed by atoms with Crippen molar-refractivity contribution in [2.24, 2.45) is 0 Å². The van der Waals surface area contributed by atoms with Gasteiger partial charge in [-0.15, -0.1) is 0 Å². The van der Waals surface area contributed by atoms with Crippen LogP contribution < -0.4 is 5.32 Å². The second-order valence-electron chi connectivity index (χ2n) is 5.05. The molecule has 1 aliphatic heterocycles. The van der Waals surface area contributed by atoms with Crippen molar-refractivity contribution in [3.8, 4) is 6.07 Å².